The van der Waals surface area contributed by atoms with Gasteiger partial charge in [-0.1, -0.05) is 36.8 Å². The molecule has 1 saturated carbocycles. The van der Waals surface area contributed by atoms with Gasteiger partial charge in [0, 0.05) is 6.04 Å². The Balaban J connectivity index is 2.36. The Morgan fingerprint density at radius 2 is 2.05 bits per heavy atom. The molecule has 4 nitrogen and oxygen atoms in total. The molecule has 0 amide bonds. The monoisotopic (exact) mass is 341 g/mol. The molecule has 0 spiro atoms. The number of terminal acetylenes is 1. The van der Waals surface area contributed by atoms with Crippen LogP contribution in [0.1, 0.15) is 32.1 Å². The third kappa shape index (κ3) is 3.57. The molecule has 0 bridgehead atoms. The van der Waals surface area contributed by atoms with Gasteiger partial charge < -0.3 is 4.74 Å². The van der Waals surface area contributed by atoms with Crippen LogP contribution in [0.2, 0.25) is 5.02 Å². The highest BCUT2D eigenvalue weighted by atomic mass is 35.5. The minimum Gasteiger partial charge on any atom is -0.495 e. The Morgan fingerprint density at radius 1 is 1.36 bits per heavy atom. The number of methoxy groups -OCH3 is 1. The first-order valence-electron chi connectivity index (χ1n) is 7.29. The van der Waals surface area contributed by atoms with Crippen molar-refractivity contribution in [1.29, 1.82) is 0 Å². The van der Waals surface area contributed by atoms with Crippen molar-refractivity contribution in [2.45, 2.75) is 43.0 Å². The average Bonchev–Trinajstić information content (AvgIpc) is 2.53. The first kappa shape index (κ1) is 17.1. The number of halogens is 1. The fourth-order valence-corrected chi connectivity index (χ4v) is 4.76. The molecule has 1 aliphatic carbocycles. The lowest BCUT2D eigenvalue weighted by Gasteiger charge is -2.32. The van der Waals surface area contributed by atoms with Crippen LogP contribution in [0.3, 0.4) is 0 Å². The van der Waals surface area contributed by atoms with E-state index in [1.54, 1.807) is 6.07 Å². The third-order valence-corrected chi connectivity index (χ3v) is 6.15. The first-order valence-corrected chi connectivity index (χ1v) is 9.11. The Kier molecular flexibility index (Phi) is 5.74. The Labute approximate surface area is 137 Å². The number of benzene rings is 1. The molecular formula is C16H20ClNO3S. The van der Waals surface area contributed by atoms with Crippen LogP contribution in [0, 0.1) is 12.3 Å². The minimum atomic E-state index is -3.66. The molecule has 0 saturated heterocycles. The van der Waals surface area contributed by atoms with Gasteiger partial charge in [-0.25, -0.2) is 8.42 Å². The molecule has 22 heavy (non-hydrogen) atoms. The normalized spacial score (nSPS) is 16.5. The second-order valence-electron chi connectivity index (χ2n) is 5.34. The summed E-state index contributed by atoms with van der Waals surface area (Å²) in [4.78, 5) is 0.152. The van der Waals surface area contributed by atoms with E-state index in [1.807, 2.05) is 0 Å². The summed E-state index contributed by atoms with van der Waals surface area (Å²) in [6.45, 7) is 0.0800. The van der Waals surface area contributed by atoms with Crippen molar-refractivity contribution in [3.63, 3.8) is 0 Å². The summed E-state index contributed by atoms with van der Waals surface area (Å²) in [5, 5.41) is 0.271. The first-order chi connectivity index (χ1) is 10.5. The number of rotatable bonds is 5. The zero-order valence-corrected chi connectivity index (χ0v) is 14.2. The van der Waals surface area contributed by atoms with E-state index >= 15 is 0 Å². The summed E-state index contributed by atoms with van der Waals surface area (Å²) in [7, 11) is -2.17. The van der Waals surface area contributed by atoms with E-state index in [0.29, 0.717) is 5.75 Å². The van der Waals surface area contributed by atoms with Gasteiger partial charge in [0.15, 0.2) is 0 Å². The highest BCUT2D eigenvalue weighted by Gasteiger charge is 2.32. The fourth-order valence-electron chi connectivity index (χ4n) is 2.81. The lowest BCUT2D eigenvalue weighted by Crippen LogP contribution is -2.41. The fraction of sp³-hybridized carbons (Fsp3) is 0.500. The number of hydrogen-bond donors (Lipinski definition) is 0. The Bertz CT molecular complexity index is 660. The van der Waals surface area contributed by atoms with Crippen LogP contribution in [0.4, 0.5) is 0 Å². The second-order valence-corrected chi connectivity index (χ2v) is 7.64. The van der Waals surface area contributed by atoms with Crippen molar-refractivity contribution < 1.29 is 13.2 Å². The molecule has 0 unspecified atom stereocenters. The van der Waals surface area contributed by atoms with Crippen LogP contribution < -0.4 is 4.74 Å². The van der Waals surface area contributed by atoms with Crippen molar-refractivity contribution in [2.24, 2.45) is 0 Å². The summed E-state index contributed by atoms with van der Waals surface area (Å²) in [6, 6.07) is 4.45. The van der Waals surface area contributed by atoms with Crippen LogP contribution in [0.5, 0.6) is 5.75 Å². The van der Waals surface area contributed by atoms with Crippen LogP contribution in [-0.4, -0.2) is 32.4 Å². The Hall–Kier alpha value is -1.22. The van der Waals surface area contributed by atoms with E-state index < -0.39 is 10.0 Å². The summed E-state index contributed by atoms with van der Waals surface area (Å²) in [5.41, 5.74) is 0. The predicted octanol–water partition coefficient (Wildman–Crippen LogP) is 3.31. The highest BCUT2D eigenvalue weighted by molar-refractivity contribution is 7.89. The molecule has 2 rings (SSSR count). The molecular weight excluding hydrogens is 322 g/mol. The molecule has 0 atom stereocenters. The van der Waals surface area contributed by atoms with Gasteiger partial charge in [0.25, 0.3) is 0 Å². The van der Waals surface area contributed by atoms with E-state index in [4.69, 9.17) is 22.8 Å². The predicted molar refractivity (Wildman–Crippen MR) is 87.6 cm³/mol. The van der Waals surface area contributed by atoms with E-state index in [0.717, 1.165) is 32.1 Å². The molecule has 0 radical (unpaired) electrons. The largest absolute Gasteiger partial charge is 0.495 e. The standard InChI is InChI=1S/C16H20ClNO3S/c1-3-11-18(13-7-5-4-6-8-13)22(19,20)14-9-10-16(21-2)15(17)12-14/h1,9-10,12-13H,4-8,11H2,2H3. The molecule has 120 valence electrons. The van der Waals surface area contributed by atoms with Gasteiger partial charge in [0.2, 0.25) is 10.0 Å². The number of ether oxygens (including phenoxy) is 1. The van der Waals surface area contributed by atoms with Crippen molar-refractivity contribution in [3.8, 4) is 18.1 Å². The maximum Gasteiger partial charge on any atom is 0.244 e. The SMILES string of the molecule is C#CCN(C1CCCCC1)S(=O)(=O)c1ccc(OC)c(Cl)c1. The quantitative estimate of drug-likeness (QED) is 0.772. The molecule has 1 fully saturated rings. The zero-order chi connectivity index (χ0) is 16.2. The average molecular weight is 342 g/mol. The summed E-state index contributed by atoms with van der Waals surface area (Å²) in [6.07, 6.45) is 10.3. The van der Waals surface area contributed by atoms with Crippen LogP contribution in [0.25, 0.3) is 0 Å². The molecule has 0 aromatic heterocycles. The van der Waals surface area contributed by atoms with Crippen molar-refractivity contribution in [1.82, 2.24) is 4.31 Å². The Morgan fingerprint density at radius 3 is 2.59 bits per heavy atom. The number of nitrogens with zero attached hydrogens (tertiary/aromatic N) is 1. The molecule has 0 N–H and O–H groups in total. The van der Waals surface area contributed by atoms with Crippen LogP contribution in [-0.2, 0) is 10.0 Å². The van der Waals surface area contributed by atoms with Gasteiger partial charge >= 0.3 is 0 Å². The molecule has 1 aliphatic rings. The van der Waals surface area contributed by atoms with Crippen molar-refractivity contribution in [3.05, 3.63) is 23.2 Å². The lowest BCUT2D eigenvalue weighted by atomic mass is 9.95. The maximum absolute atomic E-state index is 12.9. The third-order valence-electron chi connectivity index (χ3n) is 3.96. The molecule has 1 aromatic carbocycles. The second kappa shape index (κ2) is 7.36. The van der Waals surface area contributed by atoms with E-state index in [1.165, 1.54) is 23.5 Å². The minimum absolute atomic E-state index is 0.0318. The number of sulfonamides is 1. The molecule has 0 aliphatic heterocycles. The van der Waals surface area contributed by atoms with Crippen molar-refractivity contribution >= 4 is 21.6 Å². The molecule has 0 heterocycles. The lowest BCUT2D eigenvalue weighted by molar-refractivity contribution is 0.271. The zero-order valence-electron chi connectivity index (χ0n) is 12.6. The van der Waals surface area contributed by atoms with Crippen LogP contribution >= 0.6 is 11.6 Å². The maximum atomic E-state index is 12.9. The smallest absolute Gasteiger partial charge is 0.244 e. The van der Waals surface area contributed by atoms with Gasteiger partial charge in [-0.15, -0.1) is 6.42 Å². The summed E-state index contributed by atoms with van der Waals surface area (Å²) >= 11 is 6.05. The summed E-state index contributed by atoms with van der Waals surface area (Å²) < 4.78 is 32.3. The van der Waals surface area contributed by atoms with Gasteiger partial charge in [-0.05, 0) is 31.0 Å². The topological polar surface area (TPSA) is 46.6 Å². The van der Waals surface area contributed by atoms with Crippen LogP contribution in [0.15, 0.2) is 23.1 Å². The van der Waals surface area contributed by atoms with Gasteiger partial charge in [0.05, 0.1) is 23.6 Å². The van der Waals surface area contributed by atoms with E-state index in [9.17, 15) is 8.42 Å². The van der Waals surface area contributed by atoms with Gasteiger partial charge in [0.1, 0.15) is 5.75 Å². The number of hydrogen-bond acceptors (Lipinski definition) is 3. The van der Waals surface area contributed by atoms with Gasteiger partial charge in [-0.3, -0.25) is 0 Å². The molecule has 6 heteroatoms. The van der Waals surface area contributed by atoms with E-state index in [2.05, 4.69) is 5.92 Å². The highest BCUT2D eigenvalue weighted by Crippen LogP contribution is 2.31. The van der Waals surface area contributed by atoms with Crippen molar-refractivity contribution in [2.75, 3.05) is 13.7 Å². The van der Waals surface area contributed by atoms with Gasteiger partial charge in [-0.2, -0.15) is 4.31 Å². The summed E-state index contributed by atoms with van der Waals surface area (Å²) in [5.74, 6) is 2.91. The molecule has 1 aromatic rings. The van der Waals surface area contributed by atoms with E-state index in [-0.39, 0.29) is 22.5 Å².